The maximum atomic E-state index is 13.5. The number of aryl methyl sites for hydroxylation is 1. The van der Waals surface area contributed by atoms with Crippen molar-refractivity contribution in [1.82, 2.24) is 19.5 Å². The third-order valence-corrected chi connectivity index (χ3v) is 6.76. The van der Waals surface area contributed by atoms with Gasteiger partial charge in [-0.3, -0.25) is 4.57 Å². The van der Waals surface area contributed by atoms with Gasteiger partial charge in [-0.1, -0.05) is 29.8 Å². The molecule has 16 heteroatoms. The maximum Gasteiger partial charge on any atom is 0.534 e. The van der Waals surface area contributed by atoms with Gasteiger partial charge in [0.05, 0.1) is 24.2 Å². The van der Waals surface area contributed by atoms with E-state index < -0.39 is 39.1 Å². The van der Waals surface area contributed by atoms with E-state index in [0.717, 1.165) is 12.3 Å². The van der Waals surface area contributed by atoms with E-state index in [1.54, 1.807) is 11.0 Å². The third kappa shape index (κ3) is 5.79. The molecule has 0 saturated heterocycles. The van der Waals surface area contributed by atoms with Crippen LogP contribution in [-0.4, -0.2) is 57.7 Å². The summed E-state index contributed by atoms with van der Waals surface area (Å²) in [6, 6.07) is 6.26. The van der Waals surface area contributed by atoms with E-state index in [-0.39, 0.29) is 36.4 Å². The van der Waals surface area contributed by atoms with Crippen LogP contribution in [0.25, 0.3) is 5.57 Å². The van der Waals surface area contributed by atoms with Gasteiger partial charge < -0.3 is 14.2 Å². The van der Waals surface area contributed by atoms with Gasteiger partial charge in [0.1, 0.15) is 11.6 Å². The van der Waals surface area contributed by atoms with E-state index in [9.17, 15) is 35.9 Å². The van der Waals surface area contributed by atoms with Gasteiger partial charge in [0, 0.05) is 18.8 Å². The highest BCUT2D eigenvalue weighted by molar-refractivity contribution is 7.87. The van der Waals surface area contributed by atoms with Crippen LogP contribution < -0.4 is 14.8 Å². The van der Waals surface area contributed by atoms with Gasteiger partial charge in [0.25, 0.3) is 0 Å². The molecule has 4 rings (SSSR count). The van der Waals surface area contributed by atoms with Crippen LogP contribution in [0.1, 0.15) is 17.0 Å². The molecule has 0 spiro atoms. The first kappa shape index (κ1) is 27.5. The summed E-state index contributed by atoms with van der Waals surface area (Å²) in [6.07, 6.45) is 1.75. The zero-order chi connectivity index (χ0) is 27.8. The van der Waals surface area contributed by atoms with Crippen LogP contribution in [0, 0.1) is 12.7 Å². The van der Waals surface area contributed by atoms with E-state index in [2.05, 4.69) is 19.1 Å². The van der Waals surface area contributed by atoms with Crippen molar-refractivity contribution in [2.75, 3.05) is 18.0 Å². The molecule has 1 N–H and O–H groups in total. The lowest BCUT2D eigenvalue weighted by molar-refractivity contribution is -0.0501. The monoisotopic (exact) mass is 575 g/mol. The second kappa shape index (κ2) is 10.3. The van der Waals surface area contributed by atoms with Gasteiger partial charge in [-0.2, -0.15) is 31.6 Å². The third-order valence-electron chi connectivity index (χ3n) is 5.52. The molecule has 1 atom stereocenters. The summed E-state index contributed by atoms with van der Waals surface area (Å²) in [6.45, 7) is 1.73. The number of anilines is 1. The van der Waals surface area contributed by atoms with Gasteiger partial charge in [0.15, 0.2) is 0 Å². The maximum absolute atomic E-state index is 13.5. The molecular formula is C22H18ClF4N5O5S. The smallest absolute Gasteiger partial charge is 0.387 e. The predicted molar refractivity (Wildman–Crippen MR) is 128 cm³/mol. The van der Waals surface area contributed by atoms with E-state index in [1.807, 2.05) is 0 Å². The van der Waals surface area contributed by atoms with Crippen molar-refractivity contribution >= 4 is 33.2 Å². The standard InChI is InChI=1S/C22H18ClF4N5O5S/c1-12-29-20(31-7-6-15(18(33)11-31)14-3-4-17(24)16(23)8-14)30-21(34)32(12)10-13-2-5-19(28-9-13)37-38(35,36)22(25,26)27/h2-6,8-9,18,33H,7,10-11H2,1H3/t18-/m0/s1. The van der Waals surface area contributed by atoms with Crippen LogP contribution in [0.4, 0.5) is 23.5 Å². The Labute approximate surface area is 217 Å². The minimum atomic E-state index is -5.86. The molecule has 202 valence electrons. The number of hydrogen-bond donors (Lipinski definition) is 1. The number of aromatic nitrogens is 4. The summed E-state index contributed by atoms with van der Waals surface area (Å²) in [4.78, 5) is 26.1. The average molecular weight is 576 g/mol. The lowest BCUT2D eigenvalue weighted by Crippen LogP contribution is -2.40. The highest BCUT2D eigenvalue weighted by Gasteiger charge is 2.48. The number of pyridine rings is 1. The van der Waals surface area contributed by atoms with E-state index >= 15 is 0 Å². The summed E-state index contributed by atoms with van der Waals surface area (Å²) >= 11 is 5.84. The summed E-state index contributed by atoms with van der Waals surface area (Å²) in [5, 5.41) is 10.6. The Morgan fingerprint density at radius 3 is 2.53 bits per heavy atom. The summed E-state index contributed by atoms with van der Waals surface area (Å²) in [5.41, 5.74) is -4.87. The number of aliphatic hydroxyl groups excluding tert-OH is 1. The molecule has 0 bridgehead atoms. The first-order valence-corrected chi connectivity index (χ1v) is 12.5. The molecule has 1 aliphatic rings. The van der Waals surface area contributed by atoms with Crippen LogP contribution >= 0.6 is 11.6 Å². The molecule has 3 aromatic rings. The molecule has 2 aromatic heterocycles. The van der Waals surface area contributed by atoms with Gasteiger partial charge in [0.2, 0.25) is 11.8 Å². The molecule has 38 heavy (non-hydrogen) atoms. The normalized spacial score (nSPS) is 16.3. The highest BCUT2D eigenvalue weighted by atomic mass is 35.5. The van der Waals surface area contributed by atoms with Gasteiger partial charge >= 0.3 is 21.3 Å². The second-order valence-electron chi connectivity index (χ2n) is 8.14. The van der Waals surface area contributed by atoms with E-state index in [1.165, 1.54) is 35.8 Å². The lowest BCUT2D eigenvalue weighted by atomic mass is 9.97. The predicted octanol–water partition coefficient (Wildman–Crippen LogP) is 2.68. The van der Waals surface area contributed by atoms with Gasteiger partial charge in [-0.15, -0.1) is 0 Å². The minimum absolute atomic E-state index is 0.0515. The van der Waals surface area contributed by atoms with Crippen LogP contribution in [-0.2, 0) is 16.7 Å². The van der Waals surface area contributed by atoms with Crippen LogP contribution in [0.2, 0.25) is 5.02 Å². The van der Waals surface area contributed by atoms with Crippen molar-refractivity contribution in [3.63, 3.8) is 0 Å². The molecule has 0 fully saturated rings. The Morgan fingerprint density at radius 2 is 1.95 bits per heavy atom. The SMILES string of the molecule is Cc1nc(N2CC=C(c3ccc(F)c(Cl)c3)[C@@H](O)C2)nc(=O)n1Cc1ccc(OS(=O)(=O)C(F)(F)F)nc1. The van der Waals surface area contributed by atoms with Crippen molar-refractivity contribution in [3.8, 4) is 5.88 Å². The van der Waals surface area contributed by atoms with Crippen LogP contribution in [0.5, 0.6) is 5.88 Å². The van der Waals surface area contributed by atoms with E-state index in [0.29, 0.717) is 16.7 Å². The number of alkyl halides is 3. The zero-order valence-corrected chi connectivity index (χ0v) is 20.9. The molecule has 1 aliphatic heterocycles. The topological polar surface area (TPSA) is 128 Å². The summed E-state index contributed by atoms with van der Waals surface area (Å²) in [7, 11) is -5.86. The fourth-order valence-electron chi connectivity index (χ4n) is 3.61. The van der Waals surface area contributed by atoms with Crippen LogP contribution in [0.3, 0.4) is 0 Å². The van der Waals surface area contributed by atoms with Crippen molar-refractivity contribution in [3.05, 3.63) is 80.9 Å². The summed E-state index contributed by atoms with van der Waals surface area (Å²) in [5.74, 6) is -1.06. The number of halogens is 5. The molecule has 0 aliphatic carbocycles. The first-order valence-electron chi connectivity index (χ1n) is 10.7. The minimum Gasteiger partial charge on any atom is -0.387 e. The lowest BCUT2D eigenvalue weighted by Gasteiger charge is -2.30. The Balaban J connectivity index is 1.49. The molecule has 0 amide bonds. The average Bonchev–Trinajstić information content (AvgIpc) is 2.83. The first-order chi connectivity index (χ1) is 17.7. The molecule has 0 unspecified atom stereocenters. The van der Waals surface area contributed by atoms with Crippen molar-refractivity contribution in [1.29, 1.82) is 0 Å². The van der Waals surface area contributed by atoms with Crippen LogP contribution in [0.15, 0.2) is 47.4 Å². The highest BCUT2D eigenvalue weighted by Crippen LogP contribution is 2.28. The zero-order valence-electron chi connectivity index (χ0n) is 19.4. The number of rotatable bonds is 6. The number of aliphatic hydroxyl groups is 1. The number of β-amino-alcohol motifs (C(OH)–C–C–N with tert-alkyl or cyclic N) is 1. The molecule has 0 radical (unpaired) electrons. The Kier molecular flexibility index (Phi) is 7.45. The second-order valence-corrected chi connectivity index (χ2v) is 10.1. The van der Waals surface area contributed by atoms with Crippen molar-refractivity contribution in [2.45, 2.75) is 25.1 Å². The van der Waals surface area contributed by atoms with Crippen molar-refractivity contribution in [2.24, 2.45) is 0 Å². The fraction of sp³-hybridized carbons (Fsp3) is 0.273. The fourth-order valence-corrected chi connectivity index (χ4v) is 4.21. The number of hydrogen-bond acceptors (Lipinski definition) is 9. The molecular weight excluding hydrogens is 558 g/mol. The number of benzene rings is 1. The molecule has 0 saturated carbocycles. The largest absolute Gasteiger partial charge is 0.534 e. The number of nitrogens with zero attached hydrogens (tertiary/aromatic N) is 5. The van der Waals surface area contributed by atoms with Crippen molar-refractivity contribution < 1.29 is 35.3 Å². The molecule has 1 aromatic carbocycles. The Morgan fingerprint density at radius 1 is 1.21 bits per heavy atom. The quantitative estimate of drug-likeness (QED) is 0.268. The van der Waals surface area contributed by atoms with Gasteiger partial charge in [-0.25, -0.2) is 14.2 Å². The molecule has 10 nitrogen and oxygen atoms in total. The molecule has 3 heterocycles. The van der Waals surface area contributed by atoms with E-state index in [4.69, 9.17) is 11.6 Å². The van der Waals surface area contributed by atoms with Gasteiger partial charge in [-0.05, 0) is 35.8 Å². The summed E-state index contributed by atoms with van der Waals surface area (Å²) < 4.78 is 78.2. The Hall–Kier alpha value is -3.56. The Bertz CT molecular complexity index is 1560.